The SMILES string of the molecule is CCCNC1CCCN(CCCOc2ccccc2)C1. The number of likely N-dealkylation sites (tertiary alicyclic amines) is 1. The highest BCUT2D eigenvalue weighted by molar-refractivity contribution is 5.20. The molecule has 1 saturated heterocycles. The van der Waals surface area contributed by atoms with Crippen LogP contribution in [0.2, 0.25) is 0 Å². The van der Waals surface area contributed by atoms with E-state index in [-0.39, 0.29) is 0 Å². The highest BCUT2D eigenvalue weighted by Gasteiger charge is 2.18. The number of rotatable bonds is 8. The van der Waals surface area contributed by atoms with Gasteiger partial charge in [0.25, 0.3) is 0 Å². The molecule has 0 aromatic heterocycles. The van der Waals surface area contributed by atoms with Gasteiger partial charge >= 0.3 is 0 Å². The predicted molar refractivity (Wildman–Crippen MR) is 84.3 cm³/mol. The molecule has 3 nitrogen and oxygen atoms in total. The van der Waals surface area contributed by atoms with E-state index in [1.54, 1.807) is 0 Å². The second-order valence-electron chi connectivity index (χ2n) is 5.61. The lowest BCUT2D eigenvalue weighted by Gasteiger charge is -2.33. The van der Waals surface area contributed by atoms with Gasteiger partial charge in [0.2, 0.25) is 0 Å². The van der Waals surface area contributed by atoms with Gasteiger partial charge in [0, 0.05) is 19.1 Å². The van der Waals surface area contributed by atoms with E-state index in [4.69, 9.17) is 4.74 Å². The van der Waals surface area contributed by atoms with Crippen molar-refractivity contribution >= 4 is 0 Å². The molecule has 0 amide bonds. The average Bonchev–Trinajstić information content (AvgIpc) is 2.51. The number of para-hydroxylation sites is 1. The maximum atomic E-state index is 5.75. The number of benzene rings is 1. The monoisotopic (exact) mass is 276 g/mol. The molecule has 0 radical (unpaired) electrons. The molecule has 0 aliphatic carbocycles. The first-order valence-corrected chi connectivity index (χ1v) is 8.02. The normalized spacial score (nSPS) is 19.9. The Morgan fingerprint density at radius 1 is 1.30 bits per heavy atom. The number of piperidine rings is 1. The third-order valence-electron chi connectivity index (χ3n) is 3.82. The molecule has 1 unspecified atom stereocenters. The van der Waals surface area contributed by atoms with Crippen molar-refractivity contribution in [3.05, 3.63) is 30.3 Å². The molecule has 1 heterocycles. The first-order valence-electron chi connectivity index (χ1n) is 8.02. The summed E-state index contributed by atoms with van der Waals surface area (Å²) in [5.41, 5.74) is 0. The number of nitrogens with one attached hydrogen (secondary N) is 1. The second-order valence-corrected chi connectivity index (χ2v) is 5.61. The molecule has 0 bridgehead atoms. The topological polar surface area (TPSA) is 24.5 Å². The van der Waals surface area contributed by atoms with Crippen molar-refractivity contribution in [2.75, 3.05) is 32.8 Å². The van der Waals surface area contributed by atoms with Crippen LogP contribution in [0, 0.1) is 0 Å². The van der Waals surface area contributed by atoms with Crippen molar-refractivity contribution in [3.8, 4) is 5.75 Å². The molecular weight excluding hydrogens is 248 g/mol. The zero-order valence-electron chi connectivity index (χ0n) is 12.7. The maximum Gasteiger partial charge on any atom is 0.119 e. The summed E-state index contributed by atoms with van der Waals surface area (Å²) in [7, 11) is 0. The highest BCUT2D eigenvalue weighted by atomic mass is 16.5. The molecule has 1 atom stereocenters. The van der Waals surface area contributed by atoms with E-state index >= 15 is 0 Å². The number of hydrogen-bond acceptors (Lipinski definition) is 3. The quantitative estimate of drug-likeness (QED) is 0.739. The zero-order valence-corrected chi connectivity index (χ0v) is 12.7. The molecule has 1 aliphatic heterocycles. The molecule has 2 rings (SSSR count). The fourth-order valence-electron chi connectivity index (χ4n) is 2.77. The fraction of sp³-hybridized carbons (Fsp3) is 0.647. The van der Waals surface area contributed by atoms with Crippen LogP contribution < -0.4 is 10.1 Å². The molecule has 1 aromatic carbocycles. The third kappa shape index (κ3) is 5.51. The fourth-order valence-corrected chi connectivity index (χ4v) is 2.77. The second kappa shape index (κ2) is 8.98. The van der Waals surface area contributed by atoms with Gasteiger partial charge in [0.15, 0.2) is 0 Å². The van der Waals surface area contributed by atoms with Crippen LogP contribution in [-0.2, 0) is 0 Å². The molecule has 1 N–H and O–H groups in total. The summed E-state index contributed by atoms with van der Waals surface area (Å²) in [6.07, 6.45) is 4.98. The number of hydrogen-bond donors (Lipinski definition) is 1. The van der Waals surface area contributed by atoms with Crippen LogP contribution in [0.4, 0.5) is 0 Å². The van der Waals surface area contributed by atoms with Crippen LogP contribution in [0.3, 0.4) is 0 Å². The van der Waals surface area contributed by atoms with Crippen LogP contribution in [0.25, 0.3) is 0 Å². The van der Waals surface area contributed by atoms with Crippen molar-refractivity contribution in [3.63, 3.8) is 0 Å². The van der Waals surface area contributed by atoms with Crippen molar-refractivity contribution < 1.29 is 4.74 Å². The largest absolute Gasteiger partial charge is 0.494 e. The lowest BCUT2D eigenvalue weighted by atomic mass is 10.1. The molecule has 3 heteroatoms. The predicted octanol–water partition coefficient (Wildman–Crippen LogP) is 2.92. The van der Waals surface area contributed by atoms with E-state index in [9.17, 15) is 0 Å². The Hall–Kier alpha value is -1.06. The number of nitrogens with zero attached hydrogens (tertiary/aromatic N) is 1. The van der Waals surface area contributed by atoms with E-state index in [0.29, 0.717) is 6.04 Å². The Morgan fingerprint density at radius 3 is 2.95 bits per heavy atom. The number of ether oxygens (including phenoxy) is 1. The molecule has 0 spiro atoms. The summed E-state index contributed by atoms with van der Waals surface area (Å²) in [5.74, 6) is 0.980. The summed E-state index contributed by atoms with van der Waals surface area (Å²) >= 11 is 0. The van der Waals surface area contributed by atoms with E-state index in [1.165, 1.54) is 32.4 Å². The Balaban J connectivity index is 1.59. The van der Waals surface area contributed by atoms with Crippen molar-refractivity contribution in [1.82, 2.24) is 10.2 Å². The molecule has 1 aliphatic rings. The first-order chi connectivity index (χ1) is 9.88. The lowest BCUT2D eigenvalue weighted by Crippen LogP contribution is -2.46. The minimum Gasteiger partial charge on any atom is -0.494 e. The maximum absolute atomic E-state index is 5.75. The van der Waals surface area contributed by atoms with Crippen molar-refractivity contribution in [2.24, 2.45) is 0 Å². The smallest absolute Gasteiger partial charge is 0.119 e. The Bertz CT molecular complexity index is 355. The minimum absolute atomic E-state index is 0.693. The Labute approximate surface area is 123 Å². The van der Waals surface area contributed by atoms with Gasteiger partial charge in [-0.2, -0.15) is 0 Å². The van der Waals surface area contributed by atoms with E-state index in [2.05, 4.69) is 17.1 Å². The first kappa shape index (κ1) is 15.3. The Morgan fingerprint density at radius 2 is 2.15 bits per heavy atom. The van der Waals surface area contributed by atoms with Crippen molar-refractivity contribution in [2.45, 2.75) is 38.6 Å². The third-order valence-corrected chi connectivity index (χ3v) is 3.82. The van der Waals surface area contributed by atoms with E-state index in [0.717, 1.165) is 31.9 Å². The molecule has 1 aromatic rings. The van der Waals surface area contributed by atoms with Crippen molar-refractivity contribution in [1.29, 1.82) is 0 Å². The Kier molecular flexibility index (Phi) is 6.89. The summed E-state index contributed by atoms with van der Waals surface area (Å²) in [6.45, 7) is 7.79. The van der Waals surface area contributed by atoms with Crippen LogP contribution in [-0.4, -0.2) is 43.7 Å². The van der Waals surface area contributed by atoms with Gasteiger partial charge in [-0.15, -0.1) is 0 Å². The molecule has 0 saturated carbocycles. The zero-order chi connectivity index (χ0) is 14.0. The van der Waals surface area contributed by atoms with Crippen LogP contribution in [0.15, 0.2) is 30.3 Å². The van der Waals surface area contributed by atoms with E-state index < -0.39 is 0 Å². The summed E-state index contributed by atoms with van der Waals surface area (Å²) < 4.78 is 5.75. The standard InChI is InChI=1S/C17H28N2O/c1-2-11-18-16-8-6-12-19(15-16)13-7-14-20-17-9-4-3-5-10-17/h3-5,9-10,16,18H,2,6-8,11-15H2,1H3. The van der Waals surface area contributed by atoms with Crippen LogP contribution in [0.5, 0.6) is 5.75 Å². The molecule has 1 fully saturated rings. The molecular formula is C17H28N2O. The van der Waals surface area contributed by atoms with E-state index in [1.807, 2.05) is 30.3 Å². The molecule has 112 valence electrons. The van der Waals surface area contributed by atoms with Crippen LogP contribution >= 0.6 is 0 Å². The van der Waals surface area contributed by atoms with Gasteiger partial charge in [0.1, 0.15) is 5.75 Å². The summed E-state index contributed by atoms with van der Waals surface area (Å²) in [6, 6.07) is 10.8. The van der Waals surface area contributed by atoms with Crippen LogP contribution in [0.1, 0.15) is 32.6 Å². The summed E-state index contributed by atoms with van der Waals surface area (Å²) in [4.78, 5) is 2.57. The lowest BCUT2D eigenvalue weighted by molar-refractivity contribution is 0.176. The average molecular weight is 276 g/mol. The van der Waals surface area contributed by atoms with Gasteiger partial charge in [0.05, 0.1) is 6.61 Å². The highest BCUT2D eigenvalue weighted by Crippen LogP contribution is 2.12. The van der Waals surface area contributed by atoms with Gasteiger partial charge < -0.3 is 15.0 Å². The van der Waals surface area contributed by atoms with Gasteiger partial charge in [-0.05, 0) is 50.9 Å². The minimum atomic E-state index is 0.693. The van der Waals surface area contributed by atoms with Gasteiger partial charge in [-0.3, -0.25) is 0 Å². The summed E-state index contributed by atoms with van der Waals surface area (Å²) in [5, 5.41) is 3.64. The molecule has 20 heavy (non-hydrogen) atoms. The van der Waals surface area contributed by atoms with Gasteiger partial charge in [-0.25, -0.2) is 0 Å². The van der Waals surface area contributed by atoms with Gasteiger partial charge in [-0.1, -0.05) is 25.1 Å².